The van der Waals surface area contributed by atoms with Crippen LogP contribution in [0.1, 0.15) is 71.2 Å². The fourth-order valence-electron chi connectivity index (χ4n) is 6.57. The standard InChI is InChI=1S/C36H34Cl2N4O/c37-28-12-5-23(6-13-28)21-27-11-16-33-34(31(27)22-24-7-14-29(38)15-8-24)40-35(26-9-10-26)42(33)32-4-2-1-3-30(32)25-17-19-41(20-18-25)36(39)43/h1-8,11-16,25-26H,9-10,17-22H2,(H2,39,43). The van der Waals surface area contributed by atoms with E-state index in [0.29, 0.717) is 24.9 Å². The molecule has 43 heavy (non-hydrogen) atoms. The second-order valence-electron chi connectivity index (χ2n) is 11.9. The number of nitrogens with zero attached hydrogens (tertiary/aromatic N) is 3. The number of nitrogens with two attached hydrogens (primary N) is 1. The minimum absolute atomic E-state index is 0.328. The molecule has 0 radical (unpaired) electrons. The molecule has 1 aliphatic heterocycles. The summed E-state index contributed by atoms with van der Waals surface area (Å²) in [5, 5.41) is 1.48. The third kappa shape index (κ3) is 5.76. The van der Waals surface area contributed by atoms with Crippen LogP contribution in [0.25, 0.3) is 16.7 Å². The number of aromatic nitrogens is 2. The minimum Gasteiger partial charge on any atom is -0.351 e. The Morgan fingerprint density at radius 1 is 0.767 bits per heavy atom. The molecule has 2 heterocycles. The average molecular weight is 610 g/mol. The number of urea groups is 1. The van der Waals surface area contributed by atoms with Gasteiger partial charge in [0.1, 0.15) is 5.82 Å². The quantitative estimate of drug-likeness (QED) is 0.201. The molecule has 0 spiro atoms. The molecule has 2 aliphatic rings. The Bertz CT molecular complexity index is 1780. The van der Waals surface area contributed by atoms with Crippen molar-refractivity contribution < 1.29 is 4.79 Å². The highest BCUT2D eigenvalue weighted by molar-refractivity contribution is 6.30. The molecule has 2 N–H and O–H groups in total. The molecule has 1 saturated heterocycles. The lowest BCUT2D eigenvalue weighted by atomic mass is 9.88. The Hall–Kier alpha value is -3.80. The van der Waals surface area contributed by atoms with E-state index in [1.807, 2.05) is 24.3 Å². The lowest BCUT2D eigenvalue weighted by Crippen LogP contribution is -2.41. The fraction of sp³-hybridized carbons (Fsp3) is 0.278. The van der Waals surface area contributed by atoms with Crippen molar-refractivity contribution >= 4 is 40.3 Å². The summed E-state index contributed by atoms with van der Waals surface area (Å²) in [6.07, 6.45) is 5.69. The molecule has 0 atom stereocenters. The van der Waals surface area contributed by atoms with E-state index in [1.165, 1.54) is 33.5 Å². The third-order valence-electron chi connectivity index (χ3n) is 9.02. The molecular formula is C36H34Cl2N4O. The Morgan fingerprint density at radius 3 is 2.02 bits per heavy atom. The summed E-state index contributed by atoms with van der Waals surface area (Å²) >= 11 is 12.4. The summed E-state index contributed by atoms with van der Waals surface area (Å²) in [6, 6.07) is 29.2. The Balaban J connectivity index is 1.36. The van der Waals surface area contributed by atoms with E-state index >= 15 is 0 Å². The van der Waals surface area contributed by atoms with Gasteiger partial charge in [-0.3, -0.25) is 4.57 Å². The van der Waals surface area contributed by atoms with Crippen molar-refractivity contribution in [1.29, 1.82) is 0 Å². The third-order valence-corrected chi connectivity index (χ3v) is 9.53. The van der Waals surface area contributed by atoms with Crippen LogP contribution in [-0.2, 0) is 12.8 Å². The molecule has 2 amide bonds. The SMILES string of the molecule is NC(=O)N1CCC(c2ccccc2-n2c(C3CC3)nc3c(Cc4ccc(Cl)cc4)c(Cc4ccc(Cl)cc4)ccc32)CC1. The number of hydrogen-bond donors (Lipinski definition) is 1. The van der Waals surface area contributed by atoms with Gasteiger partial charge < -0.3 is 10.6 Å². The average Bonchev–Trinajstić information content (AvgIpc) is 3.80. The summed E-state index contributed by atoms with van der Waals surface area (Å²) in [5.74, 6) is 1.97. The molecule has 4 aromatic carbocycles. The van der Waals surface area contributed by atoms with E-state index in [9.17, 15) is 4.79 Å². The summed E-state index contributed by atoms with van der Waals surface area (Å²) in [6.45, 7) is 1.38. The molecule has 1 aromatic heterocycles. The maximum atomic E-state index is 11.8. The zero-order chi connectivity index (χ0) is 29.5. The molecule has 0 unspecified atom stereocenters. The first-order chi connectivity index (χ1) is 20.9. The number of piperidine rings is 1. The van der Waals surface area contributed by atoms with Gasteiger partial charge in [0, 0.05) is 29.1 Å². The molecule has 7 heteroatoms. The Kier molecular flexibility index (Phi) is 7.62. The summed E-state index contributed by atoms with van der Waals surface area (Å²) < 4.78 is 2.43. The van der Waals surface area contributed by atoms with Crippen molar-refractivity contribution in [2.24, 2.45) is 5.73 Å². The molecule has 5 aromatic rings. The molecule has 5 nitrogen and oxygen atoms in total. The van der Waals surface area contributed by atoms with Gasteiger partial charge in [0.05, 0.1) is 16.7 Å². The highest BCUT2D eigenvalue weighted by Crippen LogP contribution is 2.44. The van der Waals surface area contributed by atoms with Gasteiger partial charge >= 0.3 is 6.03 Å². The predicted octanol–water partition coefficient (Wildman–Crippen LogP) is 8.65. The van der Waals surface area contributed by atoms with Crippen molar-refractivity contribution in [3.8, 4) is 5.69 Å². The Morgan fingerprint density at radius 2 is 1.40 bits per heavy atom. The van der Waals surface area contributed by atoms with Crippen LogP contribution in [0.3, 0.4) is 0 Å². The Labute approximate surface area is 262 Å². The predicted molar refractivity (Wildman–Crippen MR) is 175 cm³/mol. The number of imidazole rings is 1. The number of primary amides is 1. The number of rotatable bonds is 7. The highest BCUT2D eigenvalue weighted by atomic mass is 35.5. The van der Waals surface area contributed by atoms with Crippen LogP contribution < -0.4 is 5.73 Å². The van der Waals surface area contributed by atoms with Gasteiger partial charge in [-0.05, 0) is 109 Å². The summed E-state index contributed by atoms with van der Waals surface area (Å²) in [7, 11) is 0. The van der Waals surface area contributed by atoms with Crippen molar-refractivity contribution in [2.75, 3.05) is 13.1 Å². The minimum atomic E-state index is -0.328. The van der Waals surface area contributed by atoms with Gasteiger partial charge in [-0.2, -0.15) is 0 Å². The van der Waals surface area contributed by atoms with E-state index < -0.39 is 0 Å². The molecule has 1 aliphatic carbocycles. The number of para-hydroxylation sites is 1. The highest BCUT2D eigenvalue weighted by Gasteiger charge is 2.33. The zero-order valence-electron chi connectivity index (χ0n) is 24.0. The number of benzene rings is 4. The monoisotopic (exact) mass is 608 g/mol. The van der Waals surface area contributed by atoms with Gasteiger partial charge in [-0.15, -0.1) is 0 Å². The molecule has 0 bridgehead atoms. The fourth-order valence-corrected chi connectivity index (χ4v) is 6.82. The maximum Gasteiger partial charge on any atom is 0.314 e. The number of carbonyl (C=O) groups excluding carboxylic acids is 1. The molecule has 2 fully saturated rings. The molecule has 7 rings (SSSR count). The van der Waals surface area contributed by atoms with Crippen molar-refractivity contribution in [3.63, 3.8) is 0 Å². The van der Waals surface area contributed by atoms with E-state index in [4.69, 9.17) is 33.9 Å². The second-order valence-corrected chi connectivity index (χ2v) is 12.8. The number of carbonyl (C=O) groups is 1. The zero-order valence-corrected chi connectivity index (χ0v) is 25.5. The number of hydrogen-bond acceptors (Lipinski definition) is 2. The molecule has 1 saturated carbocycles. The van der Waals surface area contributed by atoms with Crippen LogP contribution >= 0.6 is 23.2 Å². The van der Waals surface area contributed by atoms with Crippen LogP contribution in [-0.4, -0.2) is 33.6 Å². The van der Waals surface area contributed by atoms with Gasteiger partial charge in [0.25, 0.3) is 0 Å². The lowest BCUT2D eigenvalue weighted by Gasteiger charge is -2.32. The first-order valence-corrected chi connectivity index (χ1v) is 15.9. The first-order valence-electron chi connectivity index (χ1n) is 15.1. The first kappa shape index (κ1) is 28.0. The van der Waals surface area contributed by atoms with E-state index in [1.54, 1.807) is 4.90 Å². The van der Waals surface area contributed by atoms with Crippen LogP contribution in [0.5, 0.6) is 0 Å². The molecule has 218 valence electrons. The van der Waals surface area contributed by atoms with E-state index in [0.717, 1.165) is 65.4 Å². The number of halogens is 2. The van der Waals surface area contributed by atoms with Gasteiger partial charge in [0.15, 0.2) is 0 Å². The lowest BCUT2D eigenvalue weighted by molar-refractivity contribution is 0.190. The summed E-state index contributed by atoms with van der Waals surface area (Å²) in [5.41, 5.74) is 15.3. The van der Waals surface area contributed by atoms with Crippen LogP contribution in [0.2, 0.25) is 10.0 Å². The number of amides is 2. The number of fused-ring (bicyclic) bond motifs is 1. The van der Waals surface area contributed by atoms with Crippen LogP contribution in [0.15, 0.2) is 84.9 Å². The van der Waals surface area contributed by atoms with Crippen LogP contribution in [0, 0.1) is 0 Å². The number of likely N-dealkylation sites (tertiary alicyclic amines) is 1. The maximum absolute atomic E-state index is 11.8. The topological polar surface area (TPSA) is 64.2 Å². The second kappa shape index (κ2) is 11.7. The van der Waals surface area contributed by atoms with Gasteiger partial charge in [0.2, 0.25) is 0 Å². The summed E-state index contributed by atoms with van der Waals surface area (Å²) in [4.78, 5) is 19.0. The van der Waals surface area contributed by atoms with Gasteiger partial charge in [-0.25, -0.2) is 9.78 Å². The normalized spacial score (nSPS) is 15.7. The van der Waals surface area contributed by atoms with Gasteiger partial charge in [-0.1, -0.05) is 71.7 Å². The van der Waals surface area contributed by atoms with Crippen molar-refractivity contribution in [1.82, 2.24) is 14.5 Å². The van der Waals surface area contributed by atoms with Crippen molar-refractivity contribution in [2.45, 2.75) is 50.4 Å². The van der Waals surface area contributed by atoms with E-state index in [-0.39, 0.29) is 6.03 Å². The largest absolute Gasteiger partial charge is 0.351 e. The molecular weight excluding hydrogens is 575 g/mol. The smallest absolute Gasteiger partial charge is 0.314 e. The van der Waals surface area contributed by atoms with Crippen molar-refractivity contribution in [3.05, 3.63) is 129 Å². The van der Waals surface area contributed by atoms with E-state index in [2.05, 4.69) is 65.2 Å². The van der Waals surface area contributed by atoms with Crippen LogP contribution in [0.4, 0.5) is 4.79 Å².